The Bertz CT molecular complexity index is 229. The van der Waals surface area contributed by atoms with Gasteiger partial charge >= 0.3 is 0 Å². The predicted molar refractivity (Wildman–Crippen MR) is 54.7 cm³/mol. The number of hydrogen-bond acceptors (Lipinski definition) is 3. The summed E-state index contributed by atoms with van der Waals surface area (Å²) >= 11 is 0. The van der Waals surface area contributed by atoms with Gasteiger partial charge in [0.15, 0.2) is 0 Å². The van der Waals surface area contributed by atoms with Crippen LogP contribution in [0.25, 0.3) is 0 Å². The number of nitrogens with two attached hydrogens (primary N) is 1. The predicted octanol–water partition coefficient (Wildman–Crippen LogP) is 0.172. The van der Waals surface area contributed by atoms with Gasteiger partial charge in [-0.2, -0.15) is 0 Å². The lowest BCUT2D eigenvalue weighted by molar-refractivity contribution is -0.127. The van der Waals surface area contributed by atoms with Crippen molar-refractivity contribution in [3.63, 3.8) is 0 Å². The van der Waals surface area contributed by atoms with Crippen LogP contribution in [-0.2, 0) is 4.79 Å². The van der Waals surface area contributed by atoms with Crippen molar-refractivity contribution in [3.05, 3.63) is 0 Å². The molecule has 1 amide bonds. The Morgan fingerprint density at radius 1 is 1.71 bits per heavy atom. The molecule has 3 N–H and O–H groups in total. The Hall–Kier alpha value is -1.10. The van der Waals surface area contributed by atoms with Gasteiger partial charge in [-0.15, -0.1) is 0 Å². The van der Waals surface area contributed by atoms with Gasteiger partial charge in [0, 0.05) is 26.1 Å². The van der Waals surface area contributed by atoms with Crippen LogP contribution in [0.15, 0.2) is 0 Å². The second-order valence-corrected chi connectivity index (χ2v) is 3.62. The lowest BCUT2D eigenvalue weighted by atomic mass is 10.3. The Morgan fingerprint density at radius 3 is 2.93 bits per heavy atom. The minimum atomic E-state index is 0.250. The fourth-order valence-electron chi connectivity index (χ4n) is 1.54. The van der Waals surface area contributed by atoms with Crippen molar-refractivity contribution >= 4 is 11.7 Å². The van der Waals surface area contributed by atoms with Crippen LogP contribution in [0.2, 0.25) is 0 Å². The molecule has 0 atom stereocenters. The zero-order valence-electron chi connectivity index (χ0n) is 8.62. The number of hydrazine groups is 1. The highest BCUT2D eigenvalue weighted by molar-refractivity contribution is 5.78. The van der Waals surface area contributed by atoms with Crippen molar-refractivity contribution < 1.29 is 4.79 Å². The molecule has 5 nitrogen and oxygen atoms in total. The van der Waals surface area contributed by atoms with Crippen molar-refractivity contribution in [3.8, 4) is 0 Å². The summed E-state index contributed by atoms with van der Waals surface area (Å²) in [4.78, 5) is 13.1. The monoisotopic (exact) mass is 198 g/mol. The van der Waals surface area contributed by atoms with Crippen LogP contribution in [0.3, 0.4) is 0 Å². The lowest BCUT2D eigenvalue weighted by Crippen LogP contribution is -2.37. The first-order valence-electron chi connectivity index (χ1n) is 4.96. The number of hydrogen-bond donors (Lipinski definition) is 2. The molecule has 0 aromatic heterocycles. The Kier molecular flexibility index (Phi) is 3.88. The third kappa shape index (κ3) is 2.99. The third-order valence-electron chi connectivity index (χ3n) is 2.43. The minimum Gasteiger partial charge on any atom is -0.343 e. The maximum absolute atomic E-state index is 11.2. The van der Waals surface area contributed by atoms with Gasteiger partial charge in [-0.1, -0.05) is 0 Å². The number of amides is 1. The average molecular weight is 198 g/mol. The largest absolute Gasteiger partial charge is 0.343 e. The van der Waals surface area contributed by atoms with Gasteiger partial charge in [-0.25, -0.2) is 5.84 Å². The van der Waals surface area contributed by atoms with Crippen molar-refractivity contribution in [1.82, 2.24) is 9.91 Å². The Balaban J connectivity index is 2.15. The molecule has 0 aromatic rings. The number of rotatable bonds is 4. The van der Waals surface area contributed by atoms with Crippen molar-refractivity contribution in [1.29, 1.82) is 5.41 Å². The third-order valence-corrected chi connectivity index (χ3v) is 2.43. The molecule has 1 heterocycles. The summed E-state index contributed by atoms with van der Waals surface area (Å²) in [5.41, 5.74) is 0. The van der Waals surface area contributed by atoms with Gasteiger partial charge in [-0.3, -0.25) is 15.2 Å². The summed E-state index contributed by atoms with van der Waals surface area (Å²) in [6, 6.07) is 0. The van der Waals surface area contributed by atoms with Gasteiger partial charge in [0.2, 0.25) is 5.91 Å². The molecular weight excluding hydrogens is 180 g/mol. The normalized spacial score (nSPS) is 16.1. The highest BCUT2D eigenvalue weighted by Gasteiger charge is 2.19. The van der Waals surface area contributed by atoms with E-state index in [1.54, 1.807) is 6.92 Å². The van der Waals surface area contributed by atoms with Crippen LogP contribution in [0.1, 0.15) is 26.2 Å². The van der Waals surface area contributed by atoms with Gasteiger partial charge in [0.05, 0.1) is 0 Å². The number of carbonyl (C=O) groups excluding carboxylic acids is 1. The van der Waals surface area contributed by atoms with E-state index in [1.165, 1.54) is 5.01 Å². The fourth-order valence-corrected chi connectivity index (χ4v) is 1.54. The summed E-state index contributed by atoms with van der Waals surface area (Å²) in [5.74, 6) is 6.15. The number of carbonyl (C=O) groups is 1. The van der Waals surface area contributed by atoms with Crippen LogP contribution in [-0.4, -0.2) is 41.3 Å². The topological polar surface area (TPSA) is 73.4 Å². The maximum atomic E-state index is 11.2. The van der Waals surface area contributed by atoms with E-state index in [9.17, 15) is 4.79 Å². The van der Waals surface area contributed by atoms with E-state index in [-0.39, 0.29) is 5.91 Å². The standard InChI is InChI=1S/C9H18N4O/c1-8(10)13(11)7-3-6-12-5-2-4-9(12)14/h10H,2-7,11H2,1H3. The van der Waals surface area contributed by atoms with E-state index < -0.39 is 0 Å². The van der Waals surface area contributed by atoms with Crippen molar-refractivity contribution in [2.45, 2.75) is 26.2 Å². The first-order valence-corrected chi connectivity index (χ1v) is 4.96. The molecule has 1 aliphatic heterocycles. The van der Waals surface area contributed by atoms with Crippen LogP contribution in [0, 0.1) is 5.41 Å². The van der Waals surface area contributed by atoms with E-state index >= 15 is 0 Å². The highest BCUT2D eigenvalue weighted by Crippen LogP contribution is 2.09. The van der Waals surface area contributed by atoms with Crippen LogP contribution in [0.4, 0.5) is 0 Å². The van der Waals surface area contributed by atoms with E-state index in [0.717, 1.165) is 25.9 Å². The zero-order chi connectivity index (χ0) is 10.6. The molecule has 5 heteroatoms. The highest BCUT2D eigenvalue weighted by atomic mass is 16.2. The molecule has 0 bridgehead atoms. The Morgan fingerprint density at radius 2 is 2.43 bits per heavy atom. The van der Waals surface area contributed by atoms with Crippen LogP contribution in [0.5, 0.6) is 0 Å². The van der Waals surface area contributed by atoms with E-state index in [1.807, 2.05) is 4.90 Å². The number of likely N-dealkylation sites (tertiary alicyclic amines) is 1. The lowest BCUT2D eigenvalue weighted by Gasteiger charge is -2.19. The fraction of sp³-hybridized carbons (Fsp3) is 0.778. The number of nitrogens with one attached hydrogen (secondary N) is 1. The number of amidine groups is 1. The van der Waals surface area contributed by atoms with Gasteiger partial charge in [0.1, 0.15) is 5.84 Å². The van der Waals surface area contributed by atoms with Gasteiger partial charge in [-0.05, 0) is 19.8 Å². The quantitative estimate of drug-likeness (QED) is 0.293. The first kappa shape index (κ1) is 11.0. The zero-order valence-corrected chi connectivity index (χ0v) is 8.62. The van der Waals surface area contributed by atoms with E-state index in [4.69, 9.17) is 11.3 Å². The van der Waals surface area contributed by atoms with E-state index in [2.05, 4.69) is 0 Å². The summed E-state index contributed by atoms with van der Waals surface area (Å²) in [5, 5.41) is 8.65. The summed E-state index contributed by atoms with van der Waals surface area (Å²) in [7, 11) is 0. The van der Waals surface area contributed by atoms with Crippen molar-refractivity contribution in [2.24, 2.45) is 5.84 Å². The number of nitrogens with zero attached hydrogens (tertiary/aromatic N) is 2. The molecule has 0 aliphatic carbocycles. The van der Waals surface area contributed by atoms with Gasteiger partial charge in [0.25, 0.3) is 0 Å². The molecule has 1 aliphatic rings. The first-order chi connectivity index (χ1) is 6.61. The Labute approximate surface area is 84.3 Å². The van der Waals surface area contributed by atoms with Crippen LogP contribution >= 0.6 is 0 Å². The molecule has 0 saturated carbocycles. The summed E-state index contributed by atoms with van der Waals surface area (Å²) in [6.07, 6.45) is 2.50. The SMILES string of the molecule is CC(=N)N(N)CCCN1CCCC1=O. The average Bonchev–Trinajstić information content (AvgIpc) is 2.51. The molecule has 0 spiro atoms. The molecule has 14 heavy (non-hydrogen) atoms. The second-order valence-electron chi connectivity index (χ2n) is 3.62. The molecule has 1 rings (SSSR count). The molecule has 0 unspecified atom stereocenters. The molecule has 0 aromatic carbocycles. The molecule has 1 saturated heterocycles. The second kappa shape index (κ2) is 4.95. The minimum absolute atomic E-state index is 0.250. The van der Waals surface area contributed by atoms with E-state index in [0.29, 0.717) is 18.8 Å². The maximum Gasteiger partial charge on any atom is 0.222 e. The van der Waals surface area contributed by atoms with Gasteiger partial charge < -0.3 is 4.90 Å². The summed E-state index contributed by atoms with van der Waals surface area (Å²) < 4.78 is 0. The van der Waals surface area contributed by atoms with Crippen LogP contribution < -0.4 is 5.84 Å². The smallest absolute Gasteiger partial charge is 0.222 e. The molecule has 1 fully saturated rings. The molecular formula is C9H18N4O. The summed E-state index contributed by atoms with van der Waals surface area (Å²) in [6.45, 7) is 3.94. The molecule has 80 valence electrons. The van der Waals surface area contributed by atoms with Crippen molar-refractivity contribution in [2.75, 3.05) is 19.6 Å². The molecule has 0 radical (unpaired) electrons.